The smallest absolute Gasteiger partial charge is 0.328 e. The fourth-order valence-electron chi connectivity index (χ4n) is 2.33. The minimum Gasteiger partial charge on any atom is -0.328 e. The fraction of sp³-hybridized carbons (Fsp3) is 0.125. The van der Waals surface area contributed by atoms with E-state index in [0.29, 0.717) is 5.06 Å². The van der Waals surface area contributed by atoms with Crippen LogP contribution in [0.3, 0.4) is 0 Å². The molecule has 2 amide bonds. The molecule has 2 aromatic rings. The molecule has 1 aromatic heterocycles. The summed E-state index contributed by atoms with van der Waals surface area (Å²) in [5, 5.41) is 0.331. The van der Waals surface area contributed by atoms with Gasteiger partial charge in [0.25, 0.3) is 11.8 Å². The Hall–Kier alpha value is -3.11. The van der Waals surface area contributed by atoms with E-state index >= 15 is 0 Å². The number of hydrogen-bond acceptors (Lipinski definition) is 7. The van der Waals surface area contributed by atoms with Crippen LogP contribution < -0.4 is 0 Å². The first-order chi connectivity index (χ1) is 12.3. The third-order valence-corrected chi connectivity index (χ3v) is 5.43. The van der Waals surface area contributed by atoms with Crippen molar-refractivity contribution in [3.63, 3.8) is 0 Å². The summed E-state index contributed by atoms with van der Waals surface area (Å²) in [6, 6.07) is 8.78. The number of pyridine rings is 1. The predicted molar refractivity (Wildman–Crippen MR) is 87.1 cm³/mol. The number of likely N-dealkylation sites (N-methyl/N-ethyl adjacent to an activating group) is 1. The molecule has 0 N–H and O–H groups in total. The van der Waals surface area contributed by atoms with E-state index in [0.717, 1.165) is 10.5 Å². The molecule has 10 heteroatoms. The zero-order valence-electron chi connectivity index (χ0n) is 13.5. The number of aromatic nitrogens is 1. The number of rotatable bonds is 5. The lowest BCUT2D eigenvalue weighted by Crippen LogP contribution is -2.38. The number of hydrogen-bond donors (Lipinski definition) is 0. The standard InChI is InChI=1S/C16H13N3O6S/c1-18(26(23,24)11-5-4-8-17-9-11)10-14(20)25-19-15(21)12-6-2-3-7-13(12)16(19)22/h2-9H,10H2,1H3. The second-order valence-corrected chi connectivity index (χ2v) is 7.41. The topological polar surface area (TPSA) is 114 Å². The molecule has 26 heavy (non-hydrogen) atoms. The molecule has 2 heterocycles. The van der Waals surface area contributed by atoms with Crippen LogP contribution in [-0.4, -0.2) is 54.1 Å². The molecule has 1 aromatic carbocycles. The third-order valence-electron chi connectivity index (χ3n) is 3.64. The van der Waals surface area contributed by atoms with E-state index in [1.54, 1.807) is 12.1 Å². The van der Waals surface area contributed by atoms with Crippen LogP contribution in [0.1, 0.15) is 20.7 Å². The summed E-state index contributed by atoms with van der Waals surface area (Å²) in [5.41, 5.74) is 0.225. The number of carbonyl (C=O) groups excluding carboxylic acids is 3. The molecule has 0 saturated carbocycles. The van der Waals surface area contributed by atoms with Crippen LogP contribution in [0.2, 0.25) is 0 Å². The summed E-state index contributed by atoms with van der Waals surface area (Å²) < 4.78 is 25.4. The second kappa shape index (κ2) is 6.65. The van der Waals surface area contributed by atoms with Crippen LogP contribution in [-0.2, 0) is 19.7 Å². The summed E-state index contributed by atoms with van der Waals surface area (Å²) in [5.74, 6) is -2.64. The van der Waals surface area contributed by atoms with Crippen LogP contribution in [0, 0.1) is 0 Å². The fourth-order valence-corrected chi connectivity index (χ4v) is 3.41. The molecule has 1 aliphatic rings. The monoisotopic (exact) mass is 375 g/mol. The molecule has 9 nitrogen and oxygen atoms in total. The van der Waals surface area contributed by atoms with E-state index in [1.165, 1.54) is 37.5 Å². The van der Waals surface area contributed by atoms with E-state index in [1.807, 2.05) is 0 Å². The van der Waals surface area contributed by atoms with Crippen molar-refractivity contribution in [2.75, 3.05) is 13.6 Å². The van der Waals surface area contributed by atoms with Crippen molar-refractivity contribution in [2.45, 2.75) is 4.90 Å². The summed E-state index contributed by atoms with van der Waals surface area (Å²) in [6.45, 7) is -0.690. The average Bonchev–Trinajstić information content (AvgIpc) is 2.87. The van der Waals surface area contributed by atoms with Crippen LogP contribution in [0.25, 0.3) is 0 Å². The van der Waals surface area contributed by atoms with Crippen molar-refractivity contribution in [2.24, 2.45) is 0 Å². The van der Waals surface area contributed by atoms with Crippen molar-refractivity contribution >= 4 is 27.8 Å². The molecule has 134 valence electrons. The van der Waals surface area contributed by atoms with Gasteiger partial charge in [-0.05, 0) is 24.3 Å². The summed E-state index contributed by atoms with van der Waals surface area (Å²) in [7, 11) is -2.79. The largest absolute Gasteiger partial charge is 0.348 e. The third kappa shape index (κ3) is 3.07. The Labute approximate surface area is 148 Å². The van der Waals surface area contributed by atoms with Crippen molar-refractivity contribution in [1.29, 1.82) is 0 Å². The zero-order valence-corrected chi connectivity index (χ0v) is 14.3. The van der Waals surface area contributed by atoms with E-state index in [-0.39, 0.29) is 16.0 Å². The average molecular weight is 375 g/mol. The Morgan fingerprint density at radius 1 is 1.12 bits per heavy atom. The van der Waals surface area contributed by atoms with Crippen molar-refractivity contribution in [3.8, 4) is 0 Å². The van der Waals surface area contributed by atoms with Crippen molar-refractivity contribution < 1.29 is 27.6 Å². The normalized spacial score (nSPS) is 13.8. The lowest BCUT2D eigenvalue weighted by molar-refractivity contribution is -0.168. The van der Waals surface area contributed by atoms with Crippen LogP contribution in [0.15, 0.2) is 53.7 Å². The first-order valence-electron chi connectivity index (χ1n) is 7.37. The van der Waals surface area contributed by atoms with Gasteiger partial charge in [0.15, 0.2) is 0 Å². The van der Waals surface area contributed by atoms with Gasteiger partial charge in [-0.15, -0.1) is 0 Å². The predicted octanol–water partition coefficient (Wildman–Crippen LogP) is 0.456. The van der Waals surface area contributed by atoms with E-state index in [4.69, 9.17) is 4.84 Å². The Balaban J connectivity index is 1.70. The van der Waals surface area contributed by atoms with Crippen LogP contribution in [0.5, 0.6) is 0 Å². The van der Waals surface area contributed by atoms with Gasteiger partial charge in [-0.25, -0.2) is 13.2 Å². The van der Waals surface area contributed by atoms with Gasteiger partial charge in [0, 0.05) is 19.4 Å². The van der Waals surface area contributed by atoms with Crippen molar-refractivity contribution in [3.05, 3.63) is 59.9 Å². The molecule has 1 aliphatic heterocycles. The number of benzene rings is 1. The van der Waals surface area contributed by atoms with Crippen molar-refractivity contribution in [1.82, 2.24) is 14.4 Å². The van der Waals surface area contributed by atoms with E-state index in [2.05, 4.69) is 4.98 Å². The Morgan fingerprint density at radius 2 is 1.73 bits per heavy atom. The number of carbonyl (C=O) groups is 3. The highest BCUT2D eigenvalue weighted by molar-refractivity contribution is 7.89. The first kappa shape index (κ1) is 17.7. The maximum absolute atomic E-state index is 12.3. The van der Waals surface area contributed by atoms with Gasteiger partial charge in [0.1, 0.15) is 11.4 Å². The lowest BCUT2D eigenvalue weighted by Gasteiger charge is -2.18. The lowest BCUT2D eigenvalue weighted by atomic mass is 10.1. The van der Waals surface area contributed by atoms with Crippen LogP contribution in [0.4, 0.5) is 0 Å². The molecule has 0 spiro atoms. The summed E-state index contributed by atoms with van der Waals surface area (Å²) in [6.07, 6.45) is 2.55. The SMILES string of the molecule is CN(CC(=O)ON1C(=O)c2ccccc2C1=O)S(=O)(=O)c1cccnc1. The highest BCUT2D eigenvalue weighted by Crippen LogP contribution is 2.22. The molecule has 0 aliphatic carbocycles. The highest BCUT2D eigenvalue weighted by Gasteiger charge is 2.39. The van der Waals surface area contributed by atoms with Gasteiger partial charge in [0.05, 0.1) is 11.1 Å². The van der Waals surface area contributed by atoms with Gasteiger partial charge >= 0.3 is 5.97 Å². The van der Waals surface area contributed by atoms with E-state index in [9.17, 15) is 22.8 Å². The van der Waals surface area contributed by atoms with Gasteiger partial charge in [0.2, 0.25) is 10.0 Å². The number of amides is 2. The molecule has 0 unspecified atom stereocenters. The maximum atomic E-state index is 12.3. The quantitative estimate of drug-likeness (QED) is 0.697. The summed E-state index contributed by atoms with van der Waals surface area (Å²) in [4.78, 5) is 44.7. The van der Waals surface area contributed by atoms with E-state index < -0.39 is 34.4 Å². The molecule has 0 radical (unpaired) electrons. The van der Waals surface area contributed by atoms with Gasteiger partial charge in [-0.3, -0.25) is 14.6 Å². The first-order valence-corrected chi connectivity index (χ1v) is 8.81. The van der Waals surface area contributed by atoms with Crippen LogP contribution >= 0.6 is 0 Å². The maximum Gasteiger partial charge on any atom is 0.348 e. The molecular formula is C16H13N3O6S. The number of imide groups is 1. The Kier molecular flexibility index (Phi) is 4.53. The summed E-state index contributed by atoms with van der Waals surface area (Å²) >= 11 is 0. The molecule has 0 bridgehead atoms. The Bertz CT molecular complexity index is 955. The van der Waals surface area contributed by atoms with Gasteiger partial charge < -0.3 is 4.84 Å². The Morgan fingerprint density at radius 3 is 2.27 bits per heavy atom. The molecule has 0 atom stereocenters. The minimum absolute atomic E-state index is 0.101. The second-order valence-electron chi connectivity index (χ2n) is 5.36. The molecule has 0 saturated heterocycles. The number of hydroxylamine groups is 2. The van der Waals surface area contributed by atoms with Gasteiger partial charge in [-0.2, -0.15) is 4.31 Å². The highest BCUT2D eigenvalue weighted by atomic mass is 32.2. The number of fused-ring (bicyclic) bond motifs is 1. The van der Waals surface area contributed by atoms with Gasteiger partial charge in [-0.1, -0.05) is 17.2 Å². The zero-order chi connectivity index (χ0) is 18.9. The minimum atomic E-state index is -3.97. The molecule has 0 fully saturated rings. The number of sulfonamides is 1. The molecular weight excluding hydrogens is 362 g/mol. The number of nitrogens with zero attached hydrogens (tertiary/aromatic N) is 3. The molecule has 3 rings (SSSR count).